The molecule has 2 saturated heterocycles. The molecule has 0 amide bonds. The van der Waals surface area contributed by atoms with E-state index in [1.165, 1.54) is 6.42 Å². The monoisotopic (exact) mass is 274 g/mol. The molecule has 0 saturated carbocycles. The molecule has 3 heterocycles. The number of nitrogens with zero attached hydrogens (tertiary/aromatic N) is 1. The fraction of sp³-hybridized carbons (Fsp3) is 0.562. The molecular weight excluding hydrogens is 252 g/mol. The van der Waals surface area contributed by atoms with E-state index in [1.807, 2.05) is 6.20 Å². The van der Waals surface area contributed by atoms with E-state index in [9.17, 15) is 0 Å². The highest BCUT2D eigenvalue weighted by Gasteiger charge is 2.15. The van der Waals surface area contributed by atoms with Gasteiger partial charge >= 0.3 is 0 Å². The minimum Gasteiger partial charge on any atom is -0.489 e. The number of hydrogen-bond donors (Lipinski definition) is 1. The van der Waals surface area contributed by atoms with Gasteiger partial charge in [-0.05, 0) is 30.5 Å². The van der Waals surface area contributed by atoms with Crippen LogP contribution in [0.5, 0.6) is 5.75 Å². The van der Waals surface area contributed by atoms with Crippen LogP contribution in [0.25, 0.3) is 6.08 Å². The minimum atomic E-state index is 0.267. The Kier molecular flexibility index (Phi) is 4.66. The Bertz CT molecular complexity index is 450. The molecule has 108 valence electrons. The molecule has 0 bridgehead atoms. The lowest BCUT2D eigenvalue weighted by molar-refractivity contribution is 0.0254. The Labute approximate surface area is 120 Å². The van der Waals surface area contributed by atoms with Crippen molar-refractivity contribution >= 4 is 6.08 Å². The molecule has 1 atom stereocenters. The summed E-state index contributed by atoms with van der Waals surface area (Å²) in [7, 11) is 0. The third-order valence-electron chi connectivity index (χ3n) is 3.86. The molecule has 0 aromatic carbocycles. The average Bonchev–Trinajstić information content (AvgIpc) is 3.00. The van der Waals surface area contributed by atoms with E-state index in [-0.39, 0.29) is 6.10 Å². The van der Waals surface area contributed by atoms with Gasteiger partial charge in [0.15, 0.2) is 0 Å². The number of pyridine rings is 1. The predicted molar refractivity (Wildman–Crippen MR) is 78.7 cm³/mol. The van der Waals surface area contributed by atoms with Gasteiger partial charge in [0.25, 0.3) is 0 Å². The maximum absolute atomic E-state index is 5.98. The first-order valence-electron chi connectivity index (χ1n) is 7.48. The quantitative estimate of drug-likeness (QED) is 0.914. The maximum Gasteiger partial charge on any atom is 0.138 e. The van der Waals surface area contributed by atoms with Crippen LogP contribution in [-0.2, 0) is 4.74 Å². The Hall–Kier alpha value is -1.39. The van der Waals surface area contributed by atoms with Crippen LogP contribution in [0.1, 0.15) is 24.8 Å². The van der Waals surface area contributed by atoms with Gasteiger partial charge < -0.3 is 14.8 Å². The summed E-state index contributed by atoms with van der Waals surface area (Å²) in [5.74, 6) is 1.51. The molecule has 0 unspecified atom stereocenters. The number of ether oxygens (including phenoxy) is 2. The van der Waals surface area contributed by atoms with Crippen molar-refractivity contribution in [2.45, 2.75) is 25.4 Å². The first-order valence-corrected chi connectivity index (χ1v) is 7.48. The molecule has 2 aliphatic rings. The van der Waals surface area contributed by atoms with E-state index in [0.29, 0.717) is 5.92 Å². The molecule has 1 aromatic rings. The van der Waals surface area contributed by atoms with Gasteiger partial charge in [-0.2, -0.15) is 0 Å². The second-order valence-corrected chi connectivity index (χ2v) is 5.50. The molecular formula is C16H22N2O2. The van der Waals surface area contributed by atoms with Crippen molar-refractivity contribution in [3.63, 3.8) is 0 Å². The first-order chi connectivity index (χ1) is 9.90. The zero-order valence-corrected chi connectivity index (χ0v) is 11.8. The SMILES string of the molecule is C(=C\[C@@H]1CCNC1)/c1cncc(OC2CCOCC2)c1. The summed E-state index contributed by atoms with van der Waals surface area (Å²) >= 11 is 0. The third-order valence-corrected chi connectivity index (χ3v) is 3.86. The summed E-state index contributed by atoms with van der Waals surface area (Å²) < 4.78 is 11.3. The highest BCUT2D eigenvalue weighted by atomic mass is 16.5. The smallest absolute Gasteiger partial charge is 0.138 e. The van der Waals surface area contributed by atoms with E-state index in [0.717, 1.165) is 50.5 Å². The van der Waals surface area contributed by atoms with Crippen LogP contribution in [-0.4, -0.2) is 37.4 Å². The molecule has 1 aromatic heterocycles. The number of hydrogen-bond acceptors (Lipinski definition) is 4. The van der Waals surface area contributed by atoms with E-state index < -0.39 is 0 Å². The predicted octanol–water partition coefficient (Wildman–Crippen LogP) is 2.26. The van der Waals surface area contributed by atoms with Crippen LogP contribution in [0.2, 0.25) is 0 Å². The molecule has 4 heteroatoms. The van der Waals surface area contributed by atoms with Crippen molar-refractivity contribution in [1.82, 2.24) is 10.3 Å². The van der Waals surface area contributed by atoms with Gasteiger partial charge in [-0.3, -0.25) is 4.98 Å². The molecule has 1 N–H and O–H groups in total. The summed E-state index contributed by atoms with van der Waals surface area (Å²) in [5.41, 5.74) is 1.11. The second kappa shape index (κ2) is 6.86. The molecule has 2 aliphatic heterocycles. The van der Waals surface area contributed by atoms with Crippen molar-refractivity contribution in [3.05, 3.63) is 30.1 Å². The third kappa shape index (κ3) is 3.81. The fourth-order valence-corrected chi connectivity index (χ4v) is 2.67. The highest BCUT2D eigenvalue weighted by Crippen LogP contribution is 2.19. The van der Waals surface area contributed by atoms with E-state index in [4.69, 9.17) is 9.47 Å². The van der Waals surface area contributed by atoms with Gasteiger partial charge in [0.2, 0.25) is 0 Å². The molecule has 0 radical (unpaired) electrons. The summed E-state index contributed by atoms with van der Waals surface area (Å²) in [6, 6.07) is 2.07. The molecule has 0 spiro atoms. The van der Waals surface area contributed by atoms with Crippen LogP contribution in [0.4, 0.5) is 0 Å². The van der Waals surface area contributed by atoms with Gasteiger partial charge in [-0.15, -0.1) is 0 Å². The van der Waals surface area contributed by atoms with Crippen LogP contribution < -0.4 is 10.1 Å². The van der Waals surface area contributed by atoms with Crippen molar-refractivity contribution < 1.29 is 9.47 Å². The maximum atomic E-state index is 5.98. The lowest BCUT2D eigenvalue weighted by Crippen LogP contribution is -2.25. The Balaban J connectivity index is 1.59. The van der Waals surface area contributed by atoms with E-state index >= 15 is 0 Å². The van der Waals surface area contributed by atoms with Gasteiger partial charge in [-0.1, -0.05) is 12.2 Å². The summed E-state index contributed by atoms with van der Waals surface area (Å²) in [5, 5.41) is 3.37. The van der Waals surface area contributed by atoms with Gasteiger partial charge in [0.1, 0.15) is 11.9 Å². The standard InChI is InChI=1S/C16H22N2O2/c1(13-3-6-17-10-13)2-14-9-16(12-18-11-14)20-15-4-7-19-8-5-15/h1-2,9,11-13,15,17H,3-8,10H2/b2-1+/t13-/m1/s1. The topological polar surface area (TPSA) is 43.4 Å². The van der Waals surface area contributed by atoms with E-state index in [2.05, 4.69) is 28.5 Å². The van der Waals surface area contributed by atoms with Crippen LogP contribution in [0, 0.1) is 5.92 Å². The molecule has 4 nitrogen and oxygen atoms in total. The molecule has 20 heavy (non-hydrogen) atoms. The van der Waals surface area contributed by atoms with Gasteiger partial charge in [-0.25, -0.2) is 0 Å². The fourth-order valence-electron chi connectivity index (χ4n) is 2.67. The summed E-state index contributed by atoms with van der Waals surface area (Å²) in [4.78, 5) is 4.27. The summed E-state index contributed by atoms with van der Waals surface area (Å²) in [6.07, 6.45) is 11.5. The average molecular weight is 274 g/mol. The second-order valence-electron chi connectivity index (χ2n) is 5.50. The number of nitrogens with one attached hydrogen (secondary N) is 1. The molecule has 0 aliphatic carbocycles. The van der Waals surface area contributed by atoms with Crippen LogP contribution in [0.15, 0.2) is 24.5 Å². The zero-order valence-electron chi connectivity index (χ0n) is 11.8. The summed E-state index contributed by atoms with van der Waals surface area (Å²) in [6.45, 7) is 3.81. The minimum absolute atomic E-state index is 0.267. The van der Waals surface area contributed by atoms with Crippen LogP contribution >= 0.6 is 0 Å². The molecule has 3 rings (SSSR count). The normalized spacial score (nSPS) is 24.3. The zero-order chi connectivity index (χ0) is 13.6. The van der Waals surface area contributed by atoms with Gasteiger partial charge in [0.05, 0.1) is 19.4 Å². The lowest BCUT2D eigenvalue weighted by atomic mass is 10.1. The van der Waals surface area contributed by atoms with Crippen molar-refractivity contribution in [1.29, 1.82) is 0 Å². The highest BCUT2D eigenvalue weighted by molar-refractivity contribution is 5.50. The largest absolute Gasteiger partial charge is 0.489 e. The van der Waals surface area contributed by atoms with Gasteiger partial charge in [0, 0.05) is 25.6 Å². The molecule has 2 fully saturated rings. The Morgan fingerprint density at radius 2 is 2.15 bits per heavy atom. The Morgan fingerprint density at radius 1 is 1.25 bits per heavy atom. The van der Waals surface area contributed by atoms with Crippen molar-refractivity contribution in [2.75, 3.05) is 26.3 Å². The Morgan fingerprint density at radius 3 is 2.95 bits per heavy atom. The number of rotatable bonds is 4. The number of aromatic nitrogens is 1. The van der Waals surface area contributed by atoms with E-state index in [1.54, 1.807) is 6.20 Å². The van der Waals surface area contributed by atoms with Crippen LogP contribution in [0.3, 0.4) is 0 Å². The van der Waals surface area contributed by atoms with Crippen molar-refractivity contribution in [3.8, 4) is 5.75 Å². The lowest BCUT2D eigenvalue weighted by Gasteiger charge is -2.23. The first kappa shape index (κ1) is 13.6. The van der Waals surface area contributed by atoms with Crippen molar-refractivity contribution in [2.24, 2.45) is 5.92 Å².